The van der Waals surface area contributed by atoms with Crippen molar-refractivity contribution in [3.63, 3.8) is 0 Å². The highest BCUT2D eigenvalue weighted by molar-refractivity contribution is 6.07. The van der Waals surface area contributed by atoms with Gasteiger partial charge in [0.1, 0.15) is 17.3 Å². The number of halogens is 2. The van der Waals surface area contributed by atoms with Crippen LogP contribution in [0.25, 0.3) is 11.3 Å². The summed E-state index contributed by atoms with van der Waals surface area (Å²) >= 11 is 0. The maximum atomic E-state index is 14.2. The highest BCUT2D eigenvalue weighted by Crippen LogP contribution is 2.26. The van der Waals surface area contributed by atoms with Crippen LogP contribution in [0, 0.1) is 11.6 Å². The molecular formula is C20H22F2N6O2. The van der Waals surface area contributed by atoms with Gasteiger partial charge in [0.25, 0.3) is 5.91 Å². The van der Waals surface area contributed by atoms with Crippen LogP contribution in [0.2, 0.25) is 0 Å². The molecule has 0 saturated carbocycles. The van der Waals surface area contributed by atoms with Crippen molar-refractivity contribution in [2.75, 3.05) is 38.2 Å². The van der Waals surface area contributed by atoms with Crippen molar-refractivity contribution >= 4 is 11.6 Å². The Bertz CT molecular complexity index is 1040. The van der Waals surface area contributed by atoms with Crippen molar-refractivity contribution in [3.05, 3.63) is 54.0 Å². The van der Waals surface area contributed by atoms with Crippen molar-refractivity contribution in [3.8, 4) is 11.3 Å². The zero-order chi connectivity index (χ0) is 21.1. The van der Waals surface area contributed by atoms with Gasteiger partial charge in [0.2, 0.25) is 0 Å². The van der Waals surface area contributed by atoms with Crippen molar-refractivity contribution in [1.29, 1.82) is 0 Å². The molecule has 1 aromatic carbocycles. The zero-order valence-corrected chi connectivity index (χ0v) is 16.5. The van der Waals surface area contributed by atoms with Gasteiger partial charge in [0, 0.05) is 50.7 Å². The molecule has 1 saturated heterocycles. The second-order valence-corrected chi connectivity index (χ2v) is 7.09. The van der Waals surface area contributed by atoms with E-state index in [9.17, 15) is 13.6 Å². The van der Waals surface area contributed by atoms with E-state index >= 15 is 0 Å². The van der Waals surface area contributed by atoms with Gasteiger partial charge in [-0.05, 0) is 12.1 Å². The average molecular weight is 416 g/mol. The number of benzene rings is 1. The molecule has 1 fully saturated rings. The third-order valence-corrected chi connectivity index (χ3v) is 4.90. The summed E-state index contributed by atoms with van der Waals surface area (Å²) < 4.78 is 36.0. The van der Waals surface area contributed by atoms with Crippen LogP contribution in [0.15, 0.2) is 36.8 Å². The first-order chi connectivity index (χ1) is 14.5. The summed E-state index contributed by atoms with van der Waals surface area (Å²) in [6.45, 7) is 4.80. The fourth-order valence-corrected chi connectivity index (χ4v) is 3.35. The lowest BCUT2D eigenvalue weighted by atomic mass is 10.1. The lowest BCUT2D eigenvalue weighted by Gasteiger charge is -2.26. The molecule has 0 radical (unpaired) electrons. The molecule has 158 valence electrons. The average Bonchev–Trinajstić information content (AvgIpc) is 3.33. The van der Waals surface area contributed by atoms with Gasteiger partial charge in [-0.25, -0.2) is 8.78 Å². The predicted octanol–water partition coefficient (Wildman–Crippen LogP) is 2.15. The summed E-state index contributed by atoms with van der Waals surface area (Å²) in [4.78, 5) is 15.1. The number of hydrogen-bond donors (Lipinski definition) is 1. The highest BCUT2D eigenvalue weighted by Gasteiger charge is 2.20. The Labute approximate surface area is 172 Å². The SMILES string of the molecule is Cn1cc(C(=O)Nc2cnn(CCN3CCOCC3)c2)c(-c2ccc(F)cc2F)n1. The van der Waals surface area contributed by atoms with Crippen LogP contribution < -0.4 is 5.32 Å². The van der Waals surface area contributed by atoms with Gasteiger partial charge >= 0.3 is 0 Å². The van der Waals surface area contributed by atoms with Crippen molar-refractivity contribution < 1.29 is 18.3 Å². The van der Waals surface area contributed by atoms with E-state index in [4.69, 9.17) is 4.74 Å². The van der Waals surface area contributed by atoms with E-state index in [2.05, 4.69) is 20.4 Å². The molecule has 10 heteroatoms. The Morgan fingerprint density at radius 2 is 2.00 bits per heavy atom. The number of ether oxygens (including phenoxy) is 1. The van der Waals surface area contributed by atoms with Crippen LogP contribution in [-0.2, 0) is 18.3 Å². The molecule has 0 atom stereocenters. The van der Waals surface area contributed by atoms with Gasteiger partial charge < -0.3 is 10.1 Å². The van der Waals surface area contributed by atoms with E-state index in [1.807, 2.05) is 0 Å². The number of rotatable bonds is 6. The molecule has 1 N–H and O–H groups in total. The van der Waals surface area contributed by atoms with Gasteiger partial charge in [-0.15, -0.1) is 0 Å². The quantitative estimate of drug-likeness (QED) is 0.666. The summed E-state index contributed by atoms with van der Waals surface area (Å²) in [6.07, 6.45) is 4.80. The number of nitrogens with zero attached hydrogens (tertiary/aromatic N) is 5. The molecule has 3 heterocycles. The maximum Gasteiger partial charge on any atom is 0.259 e. The minimum atomic E-state index is -0.779. The van der Waals surface area contributed by atoms with E-state index in [0.29, 0.717) is 12.2 Å². The number of aromatic nitrogens is 4. The molecule has 2 aromatic heterocycles. The maximum absolute atomic E-state index is 14.2. The third kappa shape index (κ3) is 4.55. The number of nitrogens with one attached hydrogen (secondary N) is 1. The molecule has 1 amide bonds. The Kier molecular flexibility index (Phi) is 5.86. The molecule has 0 aliphatic carbocycles. The van der Waals surface area contributed by atoms with E-state index in [-0.39, 0.29) is 16.8 Å². The fraction of sp³-hybridized carbons (Fsp3) is 0.350. The molecule has 0 bridgehead atoms. The summed E-state index contributed by atoms with van der Waals surface area (Å²) in [6, 6.07) is 3.17. The summed E-state index contributed by atoms with van der Waals surface area (Å²) in [5, 5.41) is 11.2. The number of amides is 1. The van der Waals surface area contributed by atoms with Crippen molar-refractivity contribution in [1.82, 2.24) is 24.5 Å². The highest BCUT2D eigenvalue weighted by atomic mass is 19.1. The molecule has 0 spiro atoms. The van der Waals surface area contributed by atoms with Crippen LogP contribution in [0.5, 0.6) is 0 Å². The van der Waals surface area contributed by atoms with Gasteiger partial charge in [-0.2, -0.15) is 10.2 Å². The van der Waals surface area contributed by atoms with Crippen LogP contribution in [-0.4, -0.2) is 63.2 Å². The second-order valence-electron chi connectivity index (χ2n) is 7.09. The van der Waals surface area contributed by atoms with Crippen LogP contribution in [0.3, 0.4) is 0 Å². The second kappa shape index (κ2) is 8.72. The first-order valence-corrected chi connectivity index (χ1v) is 9.62. The molecule has 8 nitrogen and oxygen atoms in total. The van der Waals surface area contributed by atoms with Gasteiger partial charge in [0.15, 0.2) is 0 Å². The number of aryl methyl sites for hydroxylation is 1. The number of carbonyl (C=O) groups excluding carboxylic acids is 1. The topological polar surface area (TPSA) is 77.2 Å². The molecule has 3 aromatic rings. The largest absolute Gasteiger partial charge is 0.379 e. The molecule has 4 rings (SSSR count). The van der Waals surface area contributed by atoms with Gasteiger partial charge in [-0.3, -0.25) is 19.1 Å². The van der Waals surface area contributed by atoms with E-state index < -0.39 is 17.5 Å². The lowest BCUT2D eigenvalue weighted by molar-refractivity contribution is 0.0360. The minimum absolute atomic E-state index is 0.0587. The zero-order valence-electron chi connectivity index (χ0n) is 16.5. The third-order valence-electron chi connectivity index (χ3n) is 4.90. The first-order valence-electron chi connectivity index (χ1n) is 9.62. The summed E-state index contributed by atoms with van der Waals surface area (Å²) in [5.41, 5.74) is 0.913. The van der Waals surface area contributed by atoms with Crippen LogP contribution in [0.1, 0.15) is 10.4 Å². The molecule has 1 aliphatic rings. The number of hydrogen-bond acceptors (Lipinski definition) is 5. The lowest BCUT2D eigenvalue weighted by Crippen LogP contribution is -2.38. The number of anilines is 1. The molecule has 0 unspecified atom stereocenters. The molecule has 1 aliphatic heterocycles. The predicted molar refractivity (Wildman–Crippen MR) is 106 cm³/mol. The Hall–Kier alpha value is -3.11. The fourth-order valence-electron chi connectivity index (χ4n) is 3.35. The van der Waals surface area contributed by atoms with Gasteiger partial charge in [-0.1, -0.05) is 0 Å². The normalized spacial score (nSPS) is 14.8. The van der Waals surface area contributed by atoms with Crippen molar-refractivity contribution in [2.45, 2.75) is 6.54 Å². The van der Waals surface area contributed by atoms with E-state index in [1.54, 1.807) is 24.1 Å². The summed E-state index contributed by atoms with van der Waals surface area (Å²) in [5.74, 6) is -1.92. The van der Waals surface area contributed by atoms with E-state index in [0.717, 1.165) is 45.0 Å². The number of morpholine rings is 1. The van der Waals surface area contributed by atoms with Gasteiger partial charge in [0.05, 0.1) is 37.2 Å². The smallest absolute Gasteiger partial charge is 0.259 e. The summed E-state index contributed by atoms with van der Waals surface area (Å²) in [7, 11) is 1.63. The Morgan fingerprint density at radius 1 is 1.20 bits per heavy atom. The Morgan fingerprint density at radius 3 is 2.77 bits per heavy atom. The minimum Gasteiger partial charge on any atom is -0.379 e. The van der Waals surface area contributed by atoms with E-state index in [1.165, 1.54) is 16.9 Å². The molecule has 30 heavy (non-hydrogen) atoms. The Balaban J connectivity index is 1.45. The first kappa shape index (κ1) is 20.2. The van der Waals surface area contributed by atoms with Crippen LogP contribution >= 0.6 is 0 Å². The van der Waals surface area contributed by atoms with Crippen molar-refractivity contribution in [2.24, 2.45) is 7.05 Å². The standard InChI is InChI=1S/C20H22F2N6O2/c1-26-13-17(19(25-26)16-3-2-14(21)10-18(16)22)20(29)24-15-11-23-28(12-15)5-4-27-6-8-30-9-7-27/h2-3,10-13H,4-9H2,1H3,(H,24,29). The van der Waals surface area contributed by atoms with Crippen LogP contribution in [0.4, 0.5) is 14.5 Å². The monoisotopic (exact) mass is 416 g/mol. The number of carbonyl (C=O) groups is 1. The molecular weight excluding hydrogens is 394 g/mol.